The Kier molecular flexibility index (Phi) is 7.14. The molecule has 3 rings (SSSR count). The Morgan fingerprint density at radius 3 is 2.72 bits per heavy atom. The van der Waals surface area contributed by atoms with Crippen LogP contribution < -0.4 is 4.74 Å². The molecule has 2 N–H and O–H groups in total. The van der Waals surface area contributed by atoms with Gasteiger partial charge in [0, 0.05) is 24.2 Å². The molecule has 1 aromatic heterocycles. The molecule has 1 aromatic carbocycles. The van der Waals surface area contributed by atoms with E-state index in [1.807, 2.05) is 0 Å². The van der Waals surface area contributed by atoms with Gasteiger partial charge in [-0.1, -0.05) is 0 Å². The second-order valence-corrected chi connectivity index (χ2v) is 7.62. The van der Waals surface area contributed by atoms with E-state index in [-0.39, 0.29) is 42.0 Å². The number of carbonyl (C=O) groups excluding carboxylic acids is 1. The molecule has 168 valence electrons. The number of benzene rings is 1. The minimum absolute atomic E-state index is 0.0415. The molecular weight excluding hydrogens is 417 g/mol. The molecule has 1 saturated heterocycles. The third-order valence-electron chi connectivity index (χ3n) is 5.08. The predicted octanol–water partition coefficient (Wildman–Crippen LogP) is 4.01. The highest BCUT2D eigenvalue weighted by atomic mass is 19.1. The topological polar surface area (TPSA) is 140 Å². The van der Waals surface area contributed by atoms with Crippen molar-refractivity contribution < 1.29 is 18.7 Å². The van der Waals surface area contributed by atoms with Gasteiger partial charge in [0.05, 0.1) is 18.3 Å². The van der Waals surface area contributed by atoms with Crippen LogP contribution in [0.15, 0.2) is 29.5 Å². The molecule has 0 spiro atoms. The number of aromatic nitrogens is 2. The minimum atomic E-state index is -0.692. The highest BCUT2D eigenvalue weighted by Gasteiger charge is 2.27. The van der Waals surface area contributed by atoms with Crippen molar-refractivity contribution >= 4 is 11.9 Å². The van der Waals surface area contributed by atoms with Gasteiger partial charge >= 0.3 is 6.09 Å². The zero-order valence-corrected chi connectivity index (χ0v) is 17.8. The molecule has 2 heterocycles. The van der Waals surface area contributed by atoms with Gasteiger partial charge in [-0.3, -0.25) is 10.1 Å². The smallest absolute Gasteiger partial charge is 0.410 e. The summed E-state index contributed by atoms with van der Waals surface area (Å²) in [6, 6.07) is 5.96. The Balaban J connectivity index is 1.65. The van der Waals surface area contributed by atoms with Gasteiger partial charge in [0.1, 0.15) is 18.4 Å². The number of piperidine rings is 1. The van der Waals surface area contributed by atoms with E-state index in [1.54, 1.807) is 23.4 Å². The number of nitrogens with zero attached hydrogens (tertiary/aromatic N) is 5. The number of amides is 1. The highest BCUT2D eigenvalue weighted by Crippen LogP contribution is 2.26. The summed E-state index contributed by atoms with van der Waals surface area (Å²) in [6.45, 7) is 4.55. The maximum Gasteiger partial charge on any atom is 0.410 e. The van der Waals surface area contributed by atoms with Crippen LogP contribution in [0.3, 0.4) is 0 Å². The summed E-state index contributed by atoms with van der Waals surface area (Å²) < 4.78 is 26.6. The van der Waals surface area contributed by atoms with E-state index in [2.05, 4.69) is 16.3 Å². The lowest BCUT2D eigenvalue weighted by molar-refractivity contribution is 0.0652. The zero-order chi connectivity index (χ0) is 23.3. The van der Waals surface area contributed by atoms with Crippen LogP contribution in [-0.4, -0.2) is 45.8 Å². The van der Waals surface area contributed by atoms with Crippen molar-refractivity contribution in [2.45, 2.75) is 45.4 Å². The Hall–Kier alpha value is -3.81. The molecule has 2 aromatic rings. The Morgan fingerprint density at radius 2 is 2.12 bits per heavy atom. The second-order valence-electron chi connectivity index (χ2n) is 7.62. The average molecular weight is 441 g/mol. The molecule has 10 nitrogen and oxygen atoms in total. The van der Waals surface area contributed by atoms with Gasteiger partial charge in [-0.15, -0.1) is 5.11 Å². The summed E-state index contributed by atoms with van der Waals surface area (Å²) in [5.74, 6) is -1.09. The molecule has 1 aliphatic heterocycles. The zero-order valence-electron chi connectivity index (χ0n) is 17.8. The van der Waals surface area contributed by atoms with E-state index in [4.69, 9.17) is 20.4 Å². The summed E-state index contributed by atoms with van der Waals surface area (Å²) >= 11 is 0. The number of nitrogens with one attached hydrogen (secondary N) is 2. The van der Waals surface area contributed by atoms with Crippen LogP contribution in [-0.2, 0) is 11.3 Å². The van der Waals surface area contributed by atoms with E-state index in [0.717, 1.165) is 6.07 Å². The molecule has 0 bridgehead atoms. The van der Waals surface area contributed by atoms with Gasteiger partial charge < -0.3 is 14.4 Å². The molecule has 11 heteroatoms. The molecule has 1 fully saturated rings. The van der Waals surface area contributed by atoms with Crippen LogP contribution in [0.25, 0.3) is 0 Å². The highest BCUT2D eigenvalue weighted by molar-refractivity contribution is 5.96. The molecule has 32 heavy (non-hydrogen) atoms. The van der Waals surface area contributed by atoms with E-state index >= 15 is 0 Å². The summed E-state index contributed by atoms with van der Waals surface area (Å²) in [4.78, 5) is 13.7. The number of carbonyl (C=O) groups is 1. The molecule has 0 aliphatic carbocycles. The lowest BCUT2D eigenvalue weighted by Crippen LogP contribution is -2.40. The van der Waals surface area contributed by atoms with Gasteiger partial charge in [0.2, 0.25) is 0 Å². The van der Waals surface area contributed by atoms with Gasteiger partial charge in [-0.25, -0.2) is 14.7 Å². The van der Waals surface area contributed by atoms with Crippen molar-refractivity contribution in [1.82, 2.24) is 14.7 Å². The molecule has 0 radical (unpaired) electrons. The minimum Gasteiger partial charge on any atom is -0.486 e. The van der Waals surface area contributed by atoms with Crippen molar-refractivity contribution in [2.75, 3.05) is 13.1 Å². The molecule has 1 amide bonds. The standard InChI is InChI=1S/C21H24FN7O3/c1-13(2)32-21(30)28-7-5-16(6-8-28)29-18(10-23)15(11-26-29)12-31-19-4-3-14(9-17(19)22)20(24)27-25/h3-4,9,11,13,16,24-25H,5-8,12H2,1-2H3. The lowest BCUT2D eigenvalue weighted by atomic mass is 10.1. The summed E-state index contributed by atoms with van der Waals surface area (Å²) in [5.41, 5.74) is 7.85. The lowest BCUT2D eigenvalue weighted by Gasteiger charge is -2.32. The van der Waals surface area contributed by atoms with Crippen LogP contribution in [0.2, 0.25) is 0 Å². The fourth-order valence-electron chi connectivity index (χ4n) is 3.46. The van der Waals surface area contributed by atoms with Gasteiger partial charge in [-0.2, -0.15) is 10.4 Å². The van der Waals surface area contributed by atoms with Crippen molar-refractivity contribution in [2.24, 2.45) is 5.11 Å². The summed E-state index contributed by atoms with van der Waals surface area (Å²) in [5, 5.41) is 24.4. The Morgan fingerprint density at radius 1 is 1.41 bits per heavy atom. The van der Waals surface area contributed by atoms with E-state index in [0.29, 0.717) is 37.2 Å². The second kappa shape index (κ2) is 10.00. The first-order valence-corrected chi connectivity index (χ1v) is 10.1. The number of likely N-dealkylation sites (tertiary alicyclic amines) is 1. The number of rotatable bonds is 6. The van der Waals surface area contributed by atoms with Crippen molar-refractivity contribution in [1.29, 1.82) is 16.2 Å². The fourth-order valence-corrected chi connectivity index (χ4v) is 3.46. The normalized spacial score (nSPS) is 14.2. The van der Waals surface area contributed by atoms with E-state index in [9.17, 15) is 14.4 Å². The van der Waals surface area contributed by atoms with Gasteiger partial charge in [0.15, 0.2) is 17.4 Å². The number of hydrogen-bond donors (Lipinski definition) is 2. The number of hydrogen-bond acceptors (Lipinski definition) is 7. The van der Waals surface area contributed by atoms with E-state index < -0.39 is 5.82 Å². The van der Waals surface area contributed by atoms with Crippen molar-refractivity contribution in [3.05, 3.63) is 47.0 Å². The average Bonchev–Trinajstić information content (AvgIpc) is 3.20. The maximum atomic E-state index is 14.3. The largest absolute Gasteiger partial charge is 0.486 e. The predicted molar refractivity (Wildman–Crippen MR) is 111 cm³/mol. The third kappa shape index (κ3) is 5.08. The molecular formula is C21H24FN7O3. The molecule has 0 unspecified atom stereocenters. The van der Waals surface area contributed by atoms with Crippen LogP contribution in [0.5, 0.6) is 5.75 Å². The number of amidine groups is 1. The summed E-state index contributed by atoms with van der Waals surface area (Å²) in [7, 11) is 0. The van der Waals surface area contributed by atoms with Crippen LogP contribution in [0.4, 0.5) is 9.18 Å². The first-order valence-electron chi connectivity index (χ1n) is 10.1. The van der Waals surface area contributed by atoms with E-state index in [1.165, 1.54) is 18.3 Å². The molecule has 1 aliphatic rings. The van der Waals surface area contributed by atoms with Gasteiger partial charge in [0.25, 0.3) is 0 Å². The van der Waals surface area contributed by atoms with Crippen molar-refractivity contribution in [3.63, 3.8) is 0 Å². The maximum absolute atomic E-state index is 14.3. The molecule has 0 atom stereocenters. The van der Waals surface area contributed by atoms with Crippen LogP contribution >= 0.6 is 0 Å². The number of nitriles is 1. The SMILES string of the molecule is CC(C)OC(=O)N1CCC(n2ncc(COc3ccc(C(=N)N=N)cc3F)c2C#N)CC1. The molecule has 0 saturated carbocycles. The quantitative estimate of drug-likeness (QED) is 0.396. The number of ether oxygens (including phenoxy) is 2. The first-order chi connectivity index (χ1) is 15.3. The summed E-state index contributed by atoms with van der Waals surface area (Å²) in [6.07, 6.45) is 2.27. The first kappa shape index (κ1) is 22.9. The van der Waals surface area contributed by atoms with Crippen LogP contribution in [0.1, 0.15) is 49.6 Å². The fraction of sp³-hybridized carbons (Fsp3) is 0.429. The third-order valence-corrected chi connectivity index (χ3v) is 5.08. The number of halogens is 1. The van der Waals surface area contributed by atoms with Crippen LogP contribution in [0, 0.1) is 28.1 Å². The van der Waals surface area contributed by atoms with Gasteiger partial charge in [-0.05, 0) is 44.9 Å². The monoisotopic (exact) mass is 441 g/mol. The Bertz CT molecular complexity index is 1050. The van der Waals surface area contributed by atoms with Crippen molar-refractivity contribution in [3.8, 4) is 11.8 Å². The Labute approximate surface area is 184 Å².